The predicted molar refractivity (Wildman–Crippen MR) is 91.1 cm³/mol. The molecule has 0 fully saturated rings. The molecule has 2 N–H and O–H groups in total. The lowest BCUT2D eigenvalue weighted by Crippen LogP contribution is -2.37. The molecule has 0 saturated heterocycles. The van der Waals surface area contributed by atoms with Crippen molar-refractivity contribution in [3.63, 3.8) is 0 Å². The van der Waals surface area contributed by atoms with E-state index < -0.39 is 16.7 Å². The van der Waals surface area contributed by atoms with Crippen molar-refractivity contribution in [1.29, 1.82) is 0 Å². The van der Waals surface area contributed by atoms with Crippen LogP contribution in [0.15, 0.2) is 64.2 Å². The van der Waals surface area contributed by atoms with E-state index in [-0.39, 0.29) is 0 Å². The second-order valence-corrected chi connectivity index (χ2v) is 5.68. The number of fused-ring (bicyclic) bond motifs is 3. The van der Waals surface area contributed by atoms with E-state index in [1.165, 1.54) is 0 Å². The molecule has 1 aliphatic carbocycles. The minimum Gasteiger partial charge on any atom is -0.359 e. The van der Waals surface area contributed by atoms with Crippen molar-refractivity contribution in [1.82, 2.24) is 9.97 Å². The van der Waals surface area contributed by atoms with Gasteiger partial charge in [-0.1, -0.05) is 54.6 Å². The van der Waals surface area contributed by atoms with E-state index in [2.05, 4.69) is 9.97 Å². The highest BCUT2D eigenvalue weighted by atomic mass is 16.5. The first kappa shape index (κ1) is 14.7. The van der Waals surface area contributed by atoms with Crippen LogP contribution in [0.5, 0.6) is 0 Å². The van der Waals surface area contributed by atoms with Gasteiger partial charge in [0, 0.05) is 17.7 Å². The van der Waals surface area contributed by atoms with Crippen LogP contribution in [0.4, 0.5) is 0 Å². The summed E-state index contributed by atoms with van der Waals surface area (Å²) in [6.07, 6.45) is 0. The van der Waals surface area contributed by atoms with Gasteiger partial charge in [-0.25, -0.2) is 0 Å². The lowest BCUT2D eigenvalue weighted by Gasteiger charge is -2.31. The first-order chi connectivity index (χ1) is 11.7. The maximum atomic E-state index is 12.0. The van der Waals surface area contributed by atoms with E-state index >= 15 is 0 Å². The van der Waals surface area contributed by atoms with Crippen molar-refractivity contribution in [3.05, 3.63) is 92.1 Å². The summed E-state index contributed by atoms with van der Waals surface area (Å²) in [5, 5.41) is 0. The molecule has 5 heteroatoms. The van der Waals surface area contributed by atoms with Crippen molar-refractivity contribution in [3.8, 4) is 11.3 Å². The Balaban J connectivity index is 2.17. The normalized spacial score (nSPS) is 18.2. The third-order valence-electron chi connectivity index (χ3n) is 4.40. The molecule has 1 aromatic heterocycles. The molecule has 5 nitrogen and oxygen atoms in total. The Morgan fingerprint density at radius 2 is 1.58 bits per heavy atom. The average Bonchev–Trinajstić information content (AvgIpc) is 2.88. The number of hydrogen-bond acceptors (Lipinski definition) is 3. The van der Waals surface area contributed by atoms with Gasteiger partial charge in [0.05, 0.1) is 11.4 Å². The van der Waals surface area contributed by atoms with Crippen LogP contribution in [0.1, 0.15) is 23.7 Å². The molecule has 0 saturated carbocycles. The molecule has 0 amide bonds. The first-order valence-corrected chi connectivity index (χ1v) is 7.85. The monoisotopic (exact) mass is 320 g/mol. The van der Waals surface area contributed by atoms with Gasteiger partial charge in [0.1, 0.15) is 0 Å². The molecule has 1 atom stereocenters. The van der Waals surface area contributed by atoms with E-state index in [1.807, 2.05) is 61.5 Å². The van der Waals surface area contributed by atoms with Gasteiger partial charge in [0.2, 0.25) is 0 Å². The number of aromatic amines is 2. The Kier molecular flexibility index (Phi) is 3.25. The predicted octanol–water partition coefficient (Wildman–Crippen LogP) is 2.37. The van der Waals surface area contributed by atoms with Crippen LogP contribution in [0.25, 0.3) is 11.3 Å². The number of aromatic nitrogens is 2. The van der Waals surface area contributed by atoms with Crippen LogP contribution in [0.3, 0.4) is 0 Å². The van der Waals surface area contributed by atoms with Gasteiger partial charge < -0.3 is 14.7 Å². The fourth-order valence-corrected chi connectivity index (χ4v) is 3.50. The molecule has 1 aliphatic rings. The first-order valence-electron chi connectivity index (χ1n) is 7.85. The van der Waals surface area contributed by atoms with Crippen LogP contribution in [0, 0.1) is 0 Å². The number of rotatable bonds is 3. The van der Waals surface area contributed by atoms with Gasteiger partial charge in [-0.15, -0.1) is 0 Å². The Hall–Kier alpha value is -2.92. The molecule has 1 unspecified atom stereocenters. The average molecular weight is 320 g/mol. The Bertz CT molecular complexity index is 1020. The molecule has 0 bridgehead atoms. The fourth-order valence-electron chi connectivity index (χ4n) is 3.50. The van der Waals surface area contributed by atoms with E-state index in [4.69, 9.17) is 4.74 Å². The zero-order chi connectivity index (χ0) is 16.7. The quantitative estimate of drug-likeness (QED) is 0.728. The van der Waals surface area contributed by atoms with Crippen molar-refractivity contribution < 1.29 is 4.74 Å². The van der Waals surface area contributed by atoms with Gasteiger partial charge in [0.25, 0.3) is 0 Å². The molecular formula is C19H16N2O3. The van der Waals surface area contributed by atoms with Gasteiger partial charge >= 0.3 is 11.1 Å². The lowest BCUT2D eigenvalue weighted by atomic mass is 9.86. The van der Waals surface area contributed by atoms with Crippen molar-refractivity contribution in [2.24, 2.45) is 0 Å². The summed E-state index contributed by atoms with van der Waals surface area (Å²) in [6, 6.07) is 17.4. The van der Waals surface area contributed by atoms with Crippen molar-refractivity contribution >= 4 is 0 Å². The van der Waals surface area contributed by atoms with Crippen molar-refractivity contribution in [2.75, 3.05) is 6.61 Å². The molecule has 1 heterocycles. The summed E-state index contributed by atoms with van der Waals surface area (Å²) >= 11 is 0. The summed E-state index contributed by atoms with van der Waals surface area (Å²) in [5.74, 6) is 0. The third kappa shape index (κ3) is 1.85. The molecule has 2 aromatic carbocycles. The molecule has 24 heavy (non-hydrogen) atoms. The second-order valence-electron chi connectivity index (χ2n) is 5.68. The van der Waals surface area contributed by atoms with Crippen LogP contribution < -0.4 is 11.1 Å². The van der Waals surface area contributed by atoms with E-state index in [0.717, 1.165) is 16.7 Å². The second kappa shape index (κ2) is 5.32. The summed E-state index contributed by atoms with van der Waals surface area (Å²) in [7, 11) is 0. The van der Waals surface area contributed by atoms with Crippen LogP contribution >= 0.6 is 0 Å². The number of nitrogens with one attached hydrogen (secondary N) is 2. The topological polar surface area (TPSA) is 75.0 Å². The number of ether oxygens (including phenoxy) is 1. The maximum absolute atomic E-state index is 12.0. The van der Waals surface area contributed by atoms with E-state index in [9.17, 15) is 9.59 Å². The lowest BCUT2D eigenvalue weighted by molar-refractivity contribution is 0.0216. The third-order valence-corrected chi connectivity index (χ3v) is 4.40. The van der Waals surface area contributed by atoms with Gasteiger partial charge in [-0.05, 0) is 12.5 Å². The Morgan fingerprint density at radius 1 is 0.917 bits per heavy atom. The SMILES string of the molecule is CCOC1(c2ccccc2)c2ccccc2-c2[nH]c(=O)c(=O)[nH]c21. The summed E-state index contributed by atoms with van der Waals surface area (Å²) in [5.41, 5.74) is 1.56. The van der Waals surface area contributed by atoms with Crippen LogP contribution in [0.2, 0.25) is 0 Å². The highest BCUT2D eigenvalue weighted by Gasteiger charge is 2.47. The van der Waals surface area contributed by atoms with Crippen LogP contribution in [-0.4, -0.2) is 16.6 Å². The highest BCUT2D eigenvalue weighted by Crippen LogP contribution is 2.50. The minimum absolute atomic E-state index is 0.448. The molecule has 4 rings (SSSR count). The Labute approximate surface area is 138 Å². The molecule has 120 valence electrons. The van der Waals surface area contributed by atoms with Gasteiger partial charge in [-0.3, -0.25) is 9.59 Å². The van der Waals surface area contributed by atoms with Gasteiger partial charge in [0.15, 0.2) is 5.60 Å². The maximum Gasteiger partial charge on any atom is 0.314 e. The molecule has 3 aromatic rings. The zero-order valence-electron chi connectivity index (χ0n) is 13.1. The van der Waals surface area contributed by atoms with E-state index in [0.29, 0.717) is 18.0 Å². The number of H-pyrrole nitrogens is 2. The summed E-state index contributed by atoms with van der Waals surface area (Å²) < 4.78 is 6.23. The largest absolute Gasteiger partial charge is 0.359 e. The van der Waals surface area contributed by atoms with Crippen LogP contribution in [-0.2, 0) is 10.3 Å². The Morgan fingerprint density at radius 3 is 2.33 bits per heavy atom. The zero-order valence-corrected chi connectivity index (χ0v) is 13.1. The van der Waals surface area contributed by atoms with Gasteiger partial charge in [-0.2, -0.15) is 0 Å². The number of benzene rings is 2. The van der Waals surface area contributed by atoms with E-state index in [1.54, 1.807) is 0 Å². The minimum atomic E-state index is -0.939. The molecule has 0 aliphatic heterocycles. The molecular weight excluding hydrogens is 304 g/mol. The summed E-state index contributed by atoms with van der Waals surface area (Å²) in [6.45, 7) is 2.36. The fraction of sp³-hybridized carbons (Fsp3) is 0.158. The number of hydrogen-bond donors (Lipinski definition) is 2. The highest BCUT2D eigenvalue weighted by molar-refractivity contribution is 5.78. The smallest absolute Gasteiger partial charge is 0.314 e. The molecule has 0 radical (unpaired) electrons. The standard InChI is InChI=1S/C19H16N2O3/c1-2-24-19(12-8-4-3-5-9-12)14-11-7-6-10-13(14)15-16(19)21-18(23)17(22)20-15/h3-11H,2H2,1H3,(H,20,22)(H,21,23). The summed E-state index contributed by atoms with van der Waals surface area (Å²) in [4.78, 5) is 29.3. The molecule has 0 spiro atoms. The van der Waals surface area contributed by atoms with Crippen molar-refractivity contribution in [2.45, 2.75) is 12.5 Å².